The van der Waals surface area contributed by atoms with Crippen molar-refractivity contribution in [2.24, 2.45) is 0 Å². The number of hydrogen-bond donors (Lipinski definition) is 2. The molecule has 0 amide bonds. The molecule has 1 rings (SSSR count). The van der Waals surface area contributed by atoms with E-state index < -0.39 is 6.10 Å². The van der Waals surface area contributed by atoms with E-state index in [1.54, 1.807) is 0 Å². The number of aliphatic hydroxyl groups excluding tert-OH is 2. The van der Waals surface area contributed by atoms with Gasteiger partial charge >= 0.3 is 0 Å². The topological polar surface area (TPSA) is 49.7 Å². The van der Waals surface area contributed by atoms with E-state index >= 15 is 0 Å². The largest absolute Gasteiger partial charge is 0.493 e. The smallest absolute Gasteiger partial charge is 0.122 e. The normalized spacial score (nSPS) is 14.1. The Kier molecular flexibility index (Phi) is 7.03. The highest BCUT2D eigenvalue weighted by Gasteiger charge is 2.17. The predicted octanol–water partition coefficient (Wildman–Crippen LogP) is 3.33. The van der Waals surface area contributed by atoms with Crippen LogP contribution in [0.5, 0.6) is 5.75 Å². The molecule has 0 aliphatic rings. The molecule has 0 aliphatic heterocycles. The van der Waals surface area contributed by atoms with Gasteiger partial charge in [0.15, 0.2) is 0 Å². The summed E-state index contributed by atoms with van der Waals surface area (Å²) < 4.78 is 5.75. The van der Waals surface area contributed by atoms with Gasteiger partial charge in [-0.3, -0.25) is 0 Å². The van der Waals surface area contributed by atoms with E-state index in [2.05, 4.69) is 39.8 Å². The molecule has 0 spiro atoms. The first-order valence-corrected chi connectivity index (χ1v) is 7.56. The van der Waals surface area contributed by atoms with Crippen LogP contribution in [-0.4, -0.2) is 29.5 Å². The molecule has 1 aromatic rings. The molecule has 0 radical (unpaired) electrons. The van der Waals surface area contributed by atoms with Gasteiger partial charge in [0.2, 0.25) is 0 Å². The Morgan fingerprint density at radius 2 is 1.85 bits per heavy atom. The Morgan fingerprint density at radius 1 is 1.15 bits per heavy atom. The number of benzene rings is 1. The maximum absolute atomic E-state index is 9.68. The third kappa shape index (κ3) is 4.50. The van der Waals surface area contributed by atoms with Crippen molar-refractivity contribution in [3.8, 4) is 5.75 Å². The van der Waals surface area contributed by atoms with Crippen molar-refractivity contribution in [2.75, 3.05) is 13.2 Å². The second-order valence-electron chi connectivity index (χ2n) is 5.50. The van der Waals surface area contributed by atoms with E-state index in [0.717, 1.165) is 30.8 Å². The molecule has 3 nitrogen and oxygen atoms in total. The number of rotatable bonds is 8. The van der Waals surface area contributed by atoms with Crippen LogP contribution in [0.4, 0.5) is 0 Å². The average Bonchev–Trinajstić information content (AvgIpc) is 2.45. The van der Waals surface area contributed by atoms with Gasteiger partial charge in [0.05, 0.1) is 19.3 Å². The van der Waals surface area contributed by atoms with Crippen molar-refractivity contribution >= 4 is 0 Å². The molecule has 0 saturated heterocycles. The van der Waals surface area contributed by atoms with E-state index in [1.807, 2.05) is 0 Å². The van der Waals surface area contributed by atoms with E-state index in [9.17, 15) is 5.11 Å². The van der Waals surface area contributed by atoms with Crippen LogP contribution in [0.1, 0.15) is 55.7 Å². The minimum atomic E-state index is -0.643. The van der Waals surface area contributed by atoms with Crippen LogP contribution < -0.4 is 4.74 Å². The molecule has 0 aliphatic carbocycles. The van der Waals surface area contributed by atoms with E-state index in [1.165, 1.54) is 11.1 Å². The van der Waals surface area contributed by atoms with Gasteiger partial charge < -0.3 is 14.9 Å². The Morgan fingerprint density at radius 3 is 2.40 bits per heavy atom. The molecular weight excluding hydrogens is 252 g/mol. The lowest BCUT2D eigenvalue weighted by Gasteiger charge is -2.22. The van der Waals surface area contributed by atoms with Crippen LogP contribution in [0, 0.1) is 13.8 Å². The van der Waals surface area contributed by atoms with Gasteiger partial charge in [-0.25, -0.2) is 0 Å². The molecule has 0 aromatic heterocycles. The fraction of sp³-hybridized carbons (Fsp3) is 0.647. The zero-order valence-electron chi connectivity index (χ0n) is 13.1. The first-order chi connectivity index (χ1) is 9.53. The fourth-order valence-electron chi connectivity index (χ4n) is 2.54. The van der Waals surface area contributed by atoms with Crippen molar-refractivity contribution < 1.29 is 14.9 Å². The standard InChI is InChI=1S/C17H28O3/c1-5-7-20-17-9-12(3)16(8-13(17)4)14(6-2)10-15(19)11-18/h8-9,14-15,18-19H,5-7,10-11H2,1-4H3. The molecule has 3 heteroatoms. The van der Waals surface area contributed by atoms with Gasteiger partial charge in [0.1, 0.15) is 5.75 Å². The number of aliphatic hydroxyl groups is 2. The van der Waals surface area contributed by atoms with E-state index in [0.29, 0.717) is 6.42 Å². The summed E-state index contributed by atoms with van der Waals surface area (Å²) in [5, 5.41) is 18.7. The Hall–Kier alpha value is -1.06. The SMILES string of the molecule is CCCOc1cc(C)c(C(CC)CC(O)CO)cc1C. The third-order valence-corrected chi connectivity index (χ3v) is 3.73. The highest BCUT2D eigenvalue weighted by molar-refractivity contribution is 5.43. The zero-order valence-corrected chi connectivity index (χ0v) is 13.1. The summed E-state index contributed by atoms with van der Waals surface area (Å²) in [5.41, 5.74) is 3.58. The molecule has 0 fully saturated rings. The maximum Gasteiger partial charge on any atom is 0.122 e. The second kappa shape index (κ2) is 8.28. The Labute approximate surface area is 122 Å². The van der Waals surface area contributed by atoms with Gasteiger partial charge in [-0.15, -0.1) is 0 Å². The van der Waals surface area contributed by atoms with Gasteiger partial charge in [0.25, 0.3) is 0 Å². The number of ether oxygens (including phenoxy) is 1. The molecule has 20 heavy (non-hydrogen) atoms. The molecule has 0 saturated carbocycles. The summed E-state index contributed by atoms with van der Waals surface area (Å²) in [4.78, 5) is 0. The minimum Gasteiger partial charge on any atom is -0.493 e. The Balaban J connectivity index is 2.96. The van der Waals surface area contributed by atoms with Crippen molar-refractivity contribution in [1.82, 2.24) is 0 Å². The molecular formula is C17H28O3. The zero-order chi connectivity index (χ0) is 15.1. The maximum atomic E-state index is 9.68. The lowest BCUT2D eigenvalue weighted by Crippen LogP contribution is -2.17. The average molecular weight is 280 g/mol. The summed E-state index contributed by atoms with van der Waals surface area (Å²) in [6, 6.07) is 4.26. The van der Waals surface area contributed by atoms with Crippen molar-refractivity contribution in [1.29, 1.82) is 0 Å². The van der Waals surface area contributed by atoms with Gasteiger partial charge in [-0.2, -0.15) is 0 Å². The lowest BCUT2D eigenvalue weighted by molar-refractivity contribution is 0.0817. The summed E-state index contributed by atoms with van der Waals surface area (Å²) in [6.45, 7) is 8.92. The summed E-state index contributed by atoms with van der Waals surface area (Å²) >= 11 is 0. The first kappa shape index (κ1) is 17.0. The fourth-order valence-corrected chi connectivity index (χ4v) is 2.54. The molecule has 2 atom stereocenters. The van der Waals surface area contributed by atoms with Gasteiger partial charge in [-0.05, 0) is 61.8 Å². The van der Waals surface area contributed by atoms with Gasteiger partial charge in [0, 0.05) is 0 Å². The van der Waals surface area contributed by atoms with Crippen LogP contribution in [0.25, 0.3) is 0 Å². The van der Waals surface area contributed by atoms with Crippen molar-refractivity contribution in [3.63, 3.8) is 0 Å². The van der Waals surface area contributed by atoms with E-state index in [4.69, 9.17) is 9.84 Å². The molecule has 0 heterocycles. The molecule has 1 aromatic carbocycles. The van der Waals surface area contributed by atoms with Crippen LogP contribution in [-0.2, 0) is 0 Å². The first-order valence-electron chi connectivity index (χ1n) is 7.56. The number of aryl methyl sites for hydroxylation is 2. The Bertz CT molecular complexity index is 415. The predicted molar refractivity (Wildman–Crippen MR) is 82.4 cm³/mol. The summed E-state index contributed by atoms with van der Waals surface area (Å²) in [5.74, 6) is 1.22. The molecule has 2 unspecified atom stereocenters. The van der Waals surface area contributed by atoms with Crippen LogP contribution >= 0.6 is 0 Å². The number of hydrogen-bond acceptors (Lipinski definition) is 3. The minimum absolute atomic E-state index is 0.174. The van der Waals surface area contributed by atoms with Crippen molar-refractivity contribution in [2.45, 2.75) is 59.0 Å². The molecule has 114 valence electrons. The van der Waals surface area contributed by atoms with E-state index in [-0.39, 0.29) is 12.5 Å². The highest BCUT2D eigenvalue weighted by Crippen LogP contribution is 2.32. The lowest BCUT2D eigenvalue weighted by atomic mass is 9.87. The van der Waals surface area contributed by atoms with Crippen LogP contribution in [0.15, 0.2) is 12.1 Å². The van der Waals surface area contributed by atoms with Gasteiger partial charge in [-0.1, -0.05) is 19.9 Å². The second-order valence-corrected chi connectivity index (χ2v) is 5.50. The highest BCUT2D eigenvalue weighted by atomic mass is 16.5. The third-order valence-electron chi connectivity index (χ3n) is 3.73. The monoisotopic (exact) mass is 280 g/mol. The quantitative estimate of drug-likeness (QED) is 0.768. The summed E-state index contributed by atoms with van der Waals surface area (Å²) in [6.07, 6.45) is 1.91. The van der Waals surface area contributed by atoms with Crippen LogP contribution in [0.3, 0.4) is 0 Å². The molecule has 2 N–H and O–H groups in total. The summed E-state index contributed by atoms with van der Waals surface area (Å²) in [7, 11) is 0. The van der Waals surface area contributed by atoms with Crippen LogP contribution in [0.2, 0.25) is 0 Å². The van der Waals surface area contributed by atoms with Crippen molar-refractivity contribution in [3.05, 3.63) is 28.8 Å². The molecule has 0 bridgehead atoms.